The van der Waals surface area contributed by atoms with Gasteiger partial charge in [0, 0.05) is 24.4 Å². The van der Waals surface area contributed by atoms with Gasteiger partial charge in [0.15, 0.2) is 9.84 Å². The van der Waals surface area contributed by atoms with E-state index < -0.39 is 15.8 Å². The molecular formula is C14H17NO4S. The maximum atomic E-state index is 11.5. The van der Waals surface area contributed by atoms with Crippen LogP contribution in [0.2, 0.25) is 0 Å². The second-order valence-electron chi connectivity index (χ2n) is 4.92. The lowest BCUT2D eigenvalue weighted by atomic mass is 10.1. The van der Waals surface area contributed by atoms with Crippen LogP contribution in [0.4, 0.5) is 5.69 Å². The van der Waals surface area contributed by atoms with E-state index in [1.807, 2.05) is 31.2 Å². The van der Waals surface area contributed by atoms with Gasteiger partial charge in [-0.25, -0.2) is 13.2 Å². The standard InChI is InChI=1S/C14H17NO4S/c1-11-10-20(18,19)9-8-15(11)13-5-2-12(3-6-13)4-7-14(16)17/h2-7,11H,8-10H2,1H3,(H,16,17)/b7-4+. The van der Waals surface area contributed by atoms with Crippen LogP contribution in [0.25, 0.3) is 6.08 Å². The lowest BCUT2D eigenvalue weighted by Crippen LogP contribution is -2.46. The topological polar surface area (TPSA) is 74.7 Å². The monoisotopic (exact) mass is 295 g/mol. The highest BCUT2D eigenvalue weighted by molar-refractivity contribution is 7.91. The Labute approximate surface area is 118 Å². The molecule has 1 atom stereocenters. The van der Waals surface area contributed by atoms with Gasteiger partial charge in [-0.2, -0.15) is 0 Å². The number of carbonyl (C=O) groups is 1. The van der Waals surface area contributed by atoms with Crippen molar-refractivity contribution in [1.82, 2.24) is 0 Å². The zero-order valence-electron chi connectivity index (χ0n) is 11.2. The molecule has 5 nitrogen and oxygen atoms in total. The molecule has 1 aromatic carbocycles. The highest BCUT2D eigenvalue weighted by atomic mass is 32.2. The van der Waals surface area contributed by atoms with Crippen LogP contribution < -0.4 is 4.90 Å². The maximum absolute atomic E-state index is 11.5. The molecule has 0 radical (unpaired) electrons. The Balaban J connectivity index is 2.12. The Hall–Kier alpha value is -1.82. The van der Waals surface area contributed by atoms with Gasteiger partial charge in [0.2, 0.25) is 0 Å². The predicted octanol–water partition coefficient (Wildman–Crippen LogP) is 1.41. The second-order valence-corrected chi connectivity index (χ2v) is 7.15. The number of hydrogen-bond acceptors (Lipinski definition) is 4. The van der Waals surface area contributed by atoms with Crippen LogP contribution in [0.3, 0.4) is 0 Å². The van der Waals surface area contributed by atoms with E-state index in [-0.39, 0.29) is 17.5 Å². The molecule has 0 bridgehead atoms. The van der Waals surface area contributed by atoms with E-state index in [4.69, 9.17) is 5.11 Å². The summed E-state index contributed by atoms with van der Waals surface area (Å²) in [5.74, 6) is -0.630. The summed E-state index contributed by atoms with van der Waals surface area (Å²) in [5.41, 5.74) is 1.76. The van der Waals surface area contributed by atoms with Crippen molar-refractivity contribution >= 4 is 27.6 Å². The minimum atomic E-state index is -2.92. The van der Waals surface area contributed by atoms with Gasteiger partial charge in [0.1, 0.15) is 0 Å². The van der Waals surface area contributed by atoms with Gasteiger partial charge in [-0.3, -0.25) is 0 Å². The molecular weight excluding hydrogens is 278 g/mol. The molecule has 1 aliphatic heterocycles. The number of hydrogen-bond donors (Lipinski definition) is 1. The molecule has 0 spiro atoms. The van der Waals surface area contributed by atoms with E-state index in [0.717, 1.165) is 17.3 Å². The molecule has 1 aliphatic rings. The third-order valence-electron chi connectivity index (χ3n) is 3.31. The van der Waals surface area contributed by atoms with Crippen molar-refractivity contribution in [3.8, 4) is 0 Å². The highest BCUT2D eigenvalue weighted by Gasteiger charge is 2.27. The fraction of sp³-hybridized carbons (Fsp3) is 0.357. The summed E-state index contributed by atoms with van der Waals surface area (Å²) in [7, 11) is -2.92. The first-order valence-corrected chi connectivity index (χ1v) is 8.18. The SMILES string of the molecule is CC1CS(=O)(=O)CCN1c1ccc(/C=C/C(=O)O)cc1. The van der Waals surface area contributed by atoms with Crippen LogP contribution in [-0.4, -0.2) is 43.6 Å². The Morgan fingerprint density at radius 3 is 2.55 bits per heavy atom. The van der Waals surface area contributed by atoms with E-state index in [2.05, 4.69) is 4.90 Å². The molecule has 1 heterocycles. The zero-order chi connectivity index (χ0) is 14.8. The number of anilines is 1. The third kappa shape index (κ3) is 3.60. The Morgan fingerprint density at radius 1 is 1.35 bits per heavy atom. The Bertz CT molecular complexity index is 619. The van der Waals surface area contributed by atoms with Crippen LogP contribution >= 0.6 is 0 Å². The third-order valence-corrected chi connectivity index (χ3v) is 5.11. The van der Waals surface area contributed by atoms with Crippen molar-refractivity contribution < 1.29 is 18.3 Å². The van der Waals surface area contributed by atoms with Gasteiger partial charge in [-0.15, -0.1) is 0 Å². The molecule has 1 unspecified atom stereocenters. The van der Waals surface area contributed by atoms with E-state index in [1.165, 1.54) is 6.08 Å². The minimum Gasteiger partial charge on any atom is -0.478 e. The Morgan fingerprint density at radius 2 is 2.00 bits per heavy atom. The smallest absolute Gasteiger partial charge is 0.328 e. The van der Waals surface area contributed by atoms with Gasteiger partial charge in [-0.1, -0.05) is 12.1 Å². The summed E-state index contributed by atoms with van der Waals surface area (Å²) in [6.45, 7) is 2.39. The largest absolute Gasteiger partial charge is 0.478 e. The van der Waals surface area contributed by atoms with E-state index >= 15 is 0 Å². The van der Waals surface area contributed by atoms with Crippen molar-refractivity contribution in [2.45, 2.75) is 13.0 Å². The van der Waals surface area contributed by atoms with Crippen molar-refractivity contribution in [2.24, 2.45) is 0 Å². The van der Waals surface area contributed by atoms with E-state index in [1.54, 1.807) is 0 Å². The molecule has 1 fully saturated rings. The average molecular weight is 295 g/mol. The molecule has 0 aliphatic carbocycles. The number of benzene rings is 1. The summed E-state index contributed by atoms with van der Waals surface area (Å²) >= 11 is 0. The zero-order valence-corrected chi connectivity index (χ0v) is 12.0. The number of aliphatic carboxylic acids is 1. The fourth-order valence-corrected chi connectivity index (χ4v) is 3.88. The first-order chi connectivity index (χ1) is 9.37. The summed E-state index contributed by atoms with van der Waals surface area (Å²) in [5, 5.41) is 8.57. The van der Waals surface area contributed by atoms with Crippen LogP contribution in [0.15, 0.2) is 30.3 Å². The number of sulfone groups is 1. The maximum Gasteiger partial charge on any atom is 0.328 e. The first kappa shape index (κ1) is 14.6. The average Bonchev–Trinajstić information content (AvgIpc) is 2.36. The predicted molar refractivity (Wildman–Crippen MR) is 78.6 cm³/mol. The summed E-state index contributed by atoms with van der Waals surface area (Å²) < 4.78 is 23.1. The summed E-state index contributed by atoms with van der Waals surface area (Å²) in [4.78, 5) is 12.5. The van der Waals surface area contributed by atoms with Crippen molar-refractivity contribution in [3.63, 3.8) is 0 Å². The first-order valence-electron chi connectivity index (χ1n) is 6.35. The van der Waals surface area contributed by atoms with Gasteiger partial charge in [0.25, 0.3) is 0 Å². The van der Waals surface area contributed by atoms with Gasteiger partial charge in [-0.05, 0) is 30.7 Å². The lowest BCUT2D eigenvalue weighted by Gasteiger charge is -2.35. The van der Waals surface area contributed by atoms with Crippen molar-refractivity contribution in [2.75, 3.05) is 23.0 Å². The van der Waals surface area contributed by atoms with Crippen LogP contribution in [-0.2, 0) is 14.6 Å². The van der Waals surface area contributed by atoms with E-state index in [9.17, 15) is 13.2 Å². The van der Waals surface area contributed by atoms with E-state index in [0.29, 0.717) is 6.54 Å². The summed E-state index contributed by atoms with van der Waals surface area (Å²) in [6, 6.07) is 7.37. The fourth-order valence-electron chi connectivity index (χ4n) is 2.33. The lowest BCUT2D eigenvalue weighted by molar-refractivity contribution is -0.131. The van der Waals surface area contributed by atoms with Crippen LogP contribution in [0.1, 0.15) is 12.5 Å². The van der Waals surface area contributed by atoms with Gasteiger partial charge in [0.05, 0.1) is 11.5 Å². The number of nitrogens with zero attached hydrogens (tertiary/aromatic N) is 1. The second kappa shape index (κ2) is 5.66. The highest BCUT2D eigenvalue weighted by Crippen LogP contribution is 2.22. The normalized spacial score (nSPS) is 22.1. The molecule has 108 valence electrons. The molecule has 0 saturated carbocycles. The number of carboxylic acid groups (broad SMARTS) is 1. The molecule has 1 saturated heterocycles. The molecule has 0 amide bonds. The number of carboxylic acids is 1. The molecule has 6 heteroatoms. The minimum absolute atomic E-state index is 0.0471. The van der Waals surface area contributed by atoms with Crippen molar-refractivity contribution in [3.05, 3.63) is 35.9 Å². The van der Waals surface area contributed by atoms with Crippen LogP contribution in [0.5, 0.6) is 0 Å². The quantitative estimate of drug-likeness (QED) is 0.853. The van der Waals surface area contributed by atoms with Gasteiger partial charge < -0.3 is 10.0 Å². The molecule has 20 heavy (non-hydrogen) atoms. The molecule has 1 N–H and O–H groups in total. The van der Waals surface area contributed by atoms with Crippen LogP contribution in [0, 0.1) is 0 Å². The molecule has 2 rings (SSSR count). The Kier molecular flexibility index (Phi) is 4.13. The summed E-state index contributed by atoms with van der Waals surface area (Å²) in [6.07, 6.45) is 2.61. The van der Waals surface area contributed by atoms with Gasteiger partial charge >= 0.3 is 5.97 Å². The number of rotatable bonds is 3. The van der Waals surface area contributed by atoms with Crippen molar-refractivity contribution in [1.29, 1.82) is 0 Å². The molecule has 0 aromatic heterocycles. The molecule has 1 aromatic rings.